The Labute approximate surface area is 166 Å². The number of amides is 2. The molecule has 9 heteroatoms. The minimum Gasteiger partial charge on any atom is -1.00 e. The maximum atomic E-state index is 12.2. The molecule has 1 aromatic carbocycles. The molecule has 0 saturated carbocycles. The quantitative estimate of drug-likeness (QED) is 0.620. The van der Waals surface area contributed by atoms with Crippen LogP contribution in [-0.4, -0.2) is 75.4 Å². The molecule has 0 aliphatic carbocycles. The van der Waals surface area contributed by atoms with Crippen molar-refractivity contribution in [3.05, 3.63) is 18.2 Å². The van der Waals surface area contributed by atoms with Crippen LogP contribution in [0.25, 0.3) is 0 Å². The molecular weight excluding hydrogens is 374 g/mol. The van der Waals surface area contributed by atoms with Crippen molar-refractivity contribution < 1.29 is 36.2 Å². The number of carbonyl (C=O) groups excluding carboxylic acids is 2. The van der Waals surface area contributed by atoms with E-state index in [0.29, 0.717) is 49.8 Å². The molecule has 1 N–H and O–H groups in total. The monoisotopic (exact) mass is 400 g/mol. The zero-order valence-corrected chi connectivity index (χ0v) is 16.8. The first-order chi connectivity index (χ1) is 12.5. The maximum absolute atomic E-state index is 12.2. The summed E-state index contributed by atoms with van der Waals surface area (Å²) in [6.45, 7) is 5.53. The second-order valence-corrected chi connectivity index (χ2v) is 5.93. The molecule has 8 nitrogen and oxygen atoms in total. The van der Waals surface area contributed by atoms with E-state index < -0.39 is 0 Å². The average Bonchev–Trinajstić information content (AvgIpc) is 2.66. The Balaban J connectivity index is 0.00000364. The number of hydrogen-bond acceptors (Lipinski definition) is 6. The molecule has 2 rings (SSSR count). The molecule has 1 saturated heterocycles. The molecule has 0 atom stereocenters. The first-order valence-corrected chi connectivity index (χ1v) is 8.72. The van der Waals surface area contributed by atoms with Crippen LogP contribution in [0.5, 0.6) is 11.5 Å². The first kappa shape index (κ1) is 22.9. The van der Waals surface area contributed by atoms with Crippen LogP contribution in [0.2, 0.25) is 0 Å². The van der Waals surface area contributed by atoms with E-state index in [4.69, 9.17) is 14.2 Å². The van der Waals surface area contributed by atoms with Crippen LogP contribution in [0.4, 0.5) is 10.5 Å². The van der Waals surface area contributed by atoms with Crippen molar-refractivity contribution in [2.75, 3.05) is 58.9 Å². The Morgan fingerprint density at radius 3 is 2.15 bits per heavy atom. The van der Waals surface area contributed by atoms with Gasteiger partial charge in [-0.05, 0) is 6.92 Å². The lowest BCUT2D eigenvalue weighted by Crippen LogP contribution is -3.00. The molecule has 2 amide bonds. The van der Waals surface area contributed by atoms with E-state index in [1.54, 1.807) is 44.2 Å². The van der Waals surface area contributed by atoms with E-state index in [9.17, 15) is 9.59 Å². The van der Waals surface area contributed by atoms with Crippen molar-refractivity contribution >= 4 is 17.7 Å². The van der Waals surface area contributed by atoms with Gasteiger partial charge >= 0.3 is 6.09 Å². The van der Waals surface area contributed by atoms with Gasteiger partial charge in [0.1, 0.15) is 11.5 Å². The third-order valence-corrected chi connectivity index (χ3v) is 4.19. The number of piperazine rings is 1. The van der Waals surface area contributed by atoms with Gasteiger partial charge in [-0.25, -0.2) is 4.79 Å². The number of nitrogens with one attached hydrogen (secondary N) is 1. The number of carbonyl (C=O) groups is 2. The molecule has 1 aliphatic heterocycles. The van der Waals surface area contributed by atoms with Gasteiger partial charge in [0.2, 0.25) is 5.91 Å². The molecule has 0 aromatic heterocycles. The standard InChI is InChI=1S/C18H27N3O5.ClH/c1-4-26-18(23)21-9-7-20(8-10-21)6-5-17(22)19-14-11-15(24-2)13-16(12-14)25-3;/h11-13H,4-10H2,1-3H3,(H,19,22);1H/p-1. The number of ether oxygens (including phenoxy) is 3. The zero-order valence-electron chi connectivity index (χ0n) is 16.0. The zero-order chi connectivity index (χ0) is 18.9. The lowest BCUT2D eigenvalue weighted by atomic mass is 10.2. The first-order valence-electron chi connectivity index (χ1n) is 8.72. The number of hydrogen-bond donors (Lipinski definition) is 1. The summed E-state index contributed by atoms with van der Waals surface area (Å²) in [6.07, 6.45) is 0.107. The molecule has 0 spiro atoms. The minimum absolute atomic E-state index is 0. The lowest BCUT2D eigenvalue weighted by Gasteiger charge is -2.33. The number of rotatable bonds is 7. The van der Waals surface area contributed by atoms with Crippen molar-refractivity contribution in [2.24, 2.45) is 0 Å². The van der Waals surface area contributed by atoms with Gasteiger partial charge in [0.25, 0.3) is 0 Å². The molecule has 27 heavy (non-hydrogen) atoms. The van der Waals surface area contributed by atoms with E-state index in [0.717, 1.165) is 13.1 Å². The highest BCUT2D eigenvalue weighted by atomic mass is 35.5. The van der Waals surface area contributed by atoms with Gasteiger partial charge in [0, 0.05) is 63.0 Å². The minimum atomic E-state index is -0.267. The fourth-order valence-electron chi connectivity index (χ4n) is 2.73. The number of halogens is 1. The van der Waals surface area contributed by atoms with Crippen molar-refractivity contribution in [1.82, 2.24) is 9.80 Å². The lowest BCUT2D eigenvalue weighted by molar-refractivity contribution is -0.116. The van der Waals surface area contributed by atoms with Crippen LogP contribution >= 0.6 is 0 Å². The second-order valence-electron chi connectivity index (χ2n) is 5.93. The highest BCUT2D eigenvalue weighted by Gasteiger charge is 2.22. The number of nitrogens with zero attached hydrogens (tertiary/aromatic N) is 2. The summed E-state index contributed by atoms with van der Waals surface area (Å²) < 4.78 is 15.4. The summed E-state index contributed by atoms with van der Waals surface area (Å²) in [7, 11) is 3.13. The van der Waals surface area contributed by atoms with E-state index in [2.05, 4.69) is 10.2 Å². The van der Waals surface area contributed by atoms with Crippen LogP contribution in [0.15, 0.2) is 18.2 Å². The van der Waals surface area contributed by atoms with Gasteiger partial charge in [0.15, 0.2) is 0 Å². The van der Waals surface area contributed by atoms with Crippen LogP contribution < -0.4 is 27.2 Å². The molecule has 152 valence electrons. The summed E-state index contributed by atoms with van der Waals surface area (Å²) >= 11 is 0. The maximum Gasteiger partial charge on any atom is 0.409 e. The smallest absolute Gasteiger partial charge is 0.409 e. The summed E-state index contributed by atoms with van der Waals surface area (Å²) in [5, 5.41) is 2.86. The van der Waals surface area contributed by atoms with Crippen molar-refractivity contribution in [2.45, 2.75) is 13.3 Å². The third-order valence-electron chi connectivity index (χ3n) is 4.19. The molecule has 1 aromatic rings. The molecule has 1 aliphatic rings. The Morgan fingerprint density at radius 1 is 1.04 bits per heavy atom. The van der Waals surface area contributed by atoms with E-state index in [1.807, 2.05) is 0 Å². The Bertz CT molecular complexity index is 599. The highest BCUT2D eigenvalue weighted by molar-refractivity contribution is 5.91. The fraction of sp³-hybridized carbons (Fsp3) is 0.556. The van der Waals surface area contributed by atoms with Gasteiger partial charge in [-0.15, -0.1) is 0 Å². The van der Waals surface area contributed by atoms with E-state index in [-0.39, 0.29) is 24.4 Å². The Kier molecular flexibility index (Phi) is 9.74. The number of methoxy groups -OCH3 is 2. The summed E-state index contributed by atoms with van der Waals surface area (Å²) in [5.74, 6) is 1.16. The van der Waals surface area contributed by atoms with Gasteiger partial charge in [0.05, 0.1) is 20.8 Å². The Hall–Kier alpha value is -2.19. The van der Waals surface area contributed by atoms with Crippen LogP contribution in [-0.2, 0) is 9.53 Å². The average molecular weight is 401 g/mol. The van der Waals surface area contributed by atoms with Crippen LogP contribution in [0, 0.1) is 0 Å². The molecule has 1 heterocycles. The van der Waals surface area contributed by atoms with Crippen molar-refractivity contribution in [3.63, 3.8) is 0 Å². The van der Waals surface area contributed by atoms with Crippen molar-refractivity contribution in [3.8, 4) is 11.5 Å². The van der Waals surface area contributed by atoms with Crippen molar-refractivity contribution in [1.29, 1.82) is 0 Å². The van der Waals surface area contributed by atoms with Gasteiger partial charge in [-0.2, -0.15) is 0 Å². The van der Waals surface area contributed by atoms with Crippen LogP contribution in [0.3, 0.4) is 0 Å². The third kappa shape index (κ3) is 7.15. The second kappa shape index (κ2) is 11.5. The largest absolute Gasteiger partial charge is 1.00 e. The van der Waals surface area contributed by atoms with Crippen LogP contribution in [0.1, 0.15) is 13.3 Å². The number of anilines is 1. The predicted molar refractivity (Wildman–Crippen MR) is 97.8 cm³/mol. The summed E-state index contributed by atoms with van der Waals surface area (Å²) in [4.78, 5) is 27.8. The molecule has 0 unspecified atom stereocenters. The molecule has 0 bridgehead atoms. The van der Waals surface area contributed by atoms with Gasteiger partial charge < -0.3 is 36.8 Å². The molecule has 1 fully saturated rings. The molecular formula is C18H27ClN3O5-. The van der Waals surface area contributed by atoms with Gasteiger partial charge in [-0.3, -0.25) is 9.69 Å². The van der Waals surface area contributed by atoms with E-state index >= 15 is 0 Å². The summed E-state index contributed by atoms with van der Waals surface area (Å²) in [6, 6.07) is 5.25. The normalized spacial score (nSPS) is 14.1. The van der Waals surface area contributed by atoms with E-state index in [1.165, 1.54) is 0 Å². The SMILES string of the molecule is CCOC(=O)N1CCN(CCC(=O)Nc2cc(OC)cc(OC)c2)CC1.[Cl-]. The molecule has 0 radical (unpaired) electrons. The predicted octanol–water partition coefficient (Wildman–Crippen LogP) is -1.19. The highest BCUT2D eigenvalue weighted by Crippen LogP contribution is 2.25. The number of benzene rings is 1. The topological polar surface area (TPSA) is 80.3 Å². The fourth-order valence-corrected chi connectivity index (χ4v) is 2.73. The Morgan fingerprint density at radius 2 is 1.63 bits per heavy atom. The summed E-state index contributed by atoms with van der Waals surface area (Å²) in [5.41, 5.74) is 0.637. The van der Waals surface area contributed by atoms with Gasteiger partial charge in [-0.1, -0.05) is 0 Å².